The molecule has 0 unspecified atom stereocenters. The molecule has 0 aliphatic rings. The molecule has 29 heavy (non-hydrogen) atoms. The smallest absolute Gasteiger partial charge is 0.0281 e. The van der Waals surface area contributed by atoms with Crippen molar-refractivity contribution in [2.45, 2.75) is 73.1 Å². The molecule has 0 bridgehead atoms. The van der Waals surface area contributed by atoms with Gasteiger partial charge in [-0.1, -0.05) is 145 Å². The van der Waals surface area contributed by atoms with Gasteiger partial charge in [0.05, 0.1) is 0 Å². The third-order valence-corrected chi connectivity index (χ3v) is 4.14. The van der Waals surface area contributed by atoms with Gasteiger partial charge >= 0.3 is 0 Å². The van der Waals surface area contributed by atoms with Gasteiger partial charge < -0.3 is 0 Å². The Balaban J connectivity index is 0.000000388. The highest BCUT2D eigenvalue weighted by Crippen LogP contribution is 2.02. The minimum absolute atomic E-state index is 1.21. The molecule has 158 valence electrons. The summed E-state index contributed by atoms with van der Waals surface area (Å²) >= 11 is 0. The van der Waals surface area contributed by atoms with Crippen LogP contribution in [-0.2, 0) is 19.3 Å². The molecule has 3 aromatic carbocycles. The lowest BCUT2D eigenvalue weighted by Crippen LogP contribution is -1.78. The maximum Gasteiger partial charge on any atom is -0.0281 e. The highest BCUT2D eigenvalue weighted by Gasteiger charge is 1.86. The summed E-state index contributed by atoms with van der Waals surface area (Å²) in [5.41, 5.74) is 4.33. The molecule has 0 N–H and O–H groups in total. The largest absolute Gasteiger partial charge is 0.0683 e. The normalized spacial score (nSPS) is 9.00. The van der Waals surface area contributed by atoms with Crippen LogP contribution in [0.5, 0.6) is 0 Å². The lowest BCUT2D eigenvalue weighted by Gasteiger charge is -1.93. The van der Waals surface area contributed by atoms with Crippen molar-refractivity contribution < 1.29 is 0 Å². The van der Waals surface area contributed by atoms with Crippen molar-refractivity contribution in [1.82, 2.24) is 0 Å². The molecule has 0 fully saturated rings. The van der Waals surface area contributed by atoms with Crippen molar-refractivity contribution >= 4 is 0 Å². The molecule has 0 spiro atoms. The van der Waals surface area contributed by atoms with Crippen molar-refractivity contribution in [3.63, 3.8) is 0 Å². The number of rotatable bonds is 6. The summed E-state index contributed by atoms with van der Waals surface area (Å²) in [5.74, 6) is 0. The number of aryl methyl sites for hydroxylation is 3. The van der Waals surface area contributed by atoms with Crippen LogP contribution >= 0.6 is 0 Å². The van der Waals surface area contributed by atoms with E-state index in [-0.39, 0.29) is 0 Å². The van der Waals surface area contributed by atoms with Gasteiger partial charge in [0.25, 0.3) is 0 Å². The molecule has 0 saturated carbocycles. The fourth-order valence-electron chi connectivity index (χ4n) is 2.80. The predicted molar refractivity (Wildman–Crippen MR) is 133 cm³/mol. The quantitative estimate of drug-likeness (QED) is 0.394. The topological polar surface area (TPSA) is 0 Å². The molecular formula is C29H42. The van der Waals surface area contributed by atoms with Gasteiger partial charge in [-0.2, -0.15) is 0 Å². The lowest BCUT2D eigenvalue weighted by molar-refractivity contribution is 0.922. The predicted octanol–water partition coefficient (Wildman–Crippen LogP) is 8.94. The highest BCUT2D eigenvalue weighted by atomic mass is 13.9. The van der Waals surface area contributed by atoms with Gasteiger partial charge in [0.2, 0.25) is 0 Å². The van der Waals surface area contributed by atoms with E-state index in [0.29, 0.717) is 0 Å². The monoisotopic (exact) mass is 390 g/mol. The van der Waals surface area contributed by atoms with Gasteiger partial charge in [-0.3, -0.25) is 0 Å². The Hall–Kier alpha value is -2.34. The summed E-state index contributed by atoms with van der Waals surface area (Å²) in [6.45, 7) is 10.6. The summed E-state index contributed by atoms with van der Waals surface area (Å²) in [5, 5.41) is 0. The van der Waals surface area contributed by atoms with Crippen molar-refractivity contribution in [2.75, 3.05) is 0 Å². The van der Waals surface area contributed by atoms with Gasteiger partial charge in [-0.05, 0) is 36.0 Å². The minimum Gasteiger partial charge on any atom is -0.0683 e. The molecule has 0 heterocycles. The second-order valence-electron chi connectivity index (χ2n) is 6.71. The zero-order valence-corrected chi connectivity index (χ0v) is 19.4. The fraction of sp³-hybridized carbons (Fsp3) is 0.379. The van der Waals surface area contributed by atoms with Crippen molar-refractivity contribution in [1.29, 1.82) is 0 Å². The lowest BCUT2D eigenvalue weighted by atomic mass is 10.1. The van der Waals surface area contributed by atoms with Gasteiger partial charge in [0, 0.05) is 0 Å². The van der Waals surface area contributed by atoms with Crippen LogP contribution in [0, 0.1) is 0 Å². The molecule has 0 amide bonds. The first-order valence-electron chi connectivity index (χ1n) is 11.4. The van der Waals surface area contributed by atoms with E-state index in [1.807, 2.05) is 13.8 Å². The second-order valence-corrected chi connectivity index (χ2v) is 6.71. The Bertz CT molecular complexity index is 558. The zero-order chi connectivity index (χ0) is 21.6. The van der Waals surface area contributed by atoms with Crippen molar-refractivity contribution in [3.8, 4) is 0 Å². The number of hydrogen-bond donors (Lipinski definition) is 0. The van der Waals surface area contributed by atoms with Crippen LogP contribution in [0.1, 0.15) is 70.6 Å². The summed E-state index contributed by atoms with van der Waals surface area (Å²) in [4.78, 5) is 0. The van der Waals surface area contributed by atoms with E-state index in [1.54, 1.807) is 0 Å². The summed E-state index contributed by atoms with van der Waals surface area (Å²) < 4.78 is 0. The molecule has 0 nitrogen and oxygen atoms in total. The van der Waals surface area contributed by atoms with E-state index in [9.17, 15) is 0 Å². The first-order chi connectivity index (χ1) is 14.3. The molecule has 0 radical (unpaired) electrons. The molecular weight excluding hydrogens is 348 g/mol. The van der Waals surface area contributed by atoms with Crippen molar-refractivity contribution in [2.24, 2.45) is 0 Å². The Labute approximate surface area is 181 Å². The highest BCUT2D eigenvalue weighted by molar-refractivity contribution is 5.15. The second kappa shape index (κ2) is 20.4. The zero-order valence-electron chi connectivity index (χ0n) is 19.4. The molecule has 0 saturated heterocycles. The summed E-state index contributed by atoms with van der Waals surface area (Å²) in [6.07, 6.45) is 7.35. The van der Waals surface area contributed by atoms with Gasteiger partial charge in [-0.15, -0.1) is 0 Å². The van der Waals surface area contributed by atoms with Gasteiger partial charge in [-0.25, -0.2) is 0 Å². The average Bonchev–Trinajstić information content (AvgIpc) is 2.79. The molecule has 3 rings (SSSR count). The molecule has 3 aromatic rings. The van der Waals surface area contributed by atoms with E-state index in [2.05, 4.69) is 112 Å². The minimum atomic E-state index is 1.21. The van der Waals surface area contributed by atoms with Crippen molar-refractivity contribution in [3.05, 3.63) is 108 Å². The Morgan fingerprint density at radius 1 is 0.379 bits per heavy atom. The first kappa shape index (κ1) is 26.7. The van der Waals surface area contributed by atoms with E-state index < -0.39 is 0 Å². The SMILES string of the molecule is CC.CCCc1ccccc1.CCCc1ccccc1.CCCc1ccccc1. The maximum absolute atomic E-state index is 2.20. The van der Waals surface area contributed by atoms with E-state index >= 15 is 0 Å². The first-order valence-corrected chi connectivity index (χ1v) is 11.4. The third kappa shape index (κ3) is 15.3. The summed E-state index contributed by atoms with van der Waals surface area (Å²) in [6, 6.07) is 31.7. The van der Waals surface area contributed by atoms with Crippen LogP contribution in [-0.4, -0.2) is 0 Å². The van der Waals surface area contributed by atoms with E-state index in [4.69, 9.17) is 0 Å². The van der Waals surface area contributed by atoms with Crippen LogP contribution in [0.15, 0.2) is 91.0 Å². The Morgan fingerprint density at radius 3 is 0.759 bits per heavy atom. The third-order valence-electron chi connectivity index (χ3n) is 4.14. The van der Waals surface area contributed by atoms with Gasteiger partial charge in [0.15, 0.2) is 0 Å². The molecule has 0 aliphatic heterocycles. The average molecular weight is 391 g/mol. The van der Waals surface area contributed by atoms with Crippen LogP contribution in [0.2, 0.25) is 0 Å². The van der Waals surface area contributed by atoms with E-state index in [0.717, 1.165) is 0 Å². The van der Waals surface area contributed by atoms with Crippen LogP contribution < -0.4 is 0 Å². The van der Waals surface area contributed by atoms with Gasteiger partial charge in [0.1, 0.15) is 0 Å². The molecule has 0 aromatic heterocycles. The van der Waals surface area contributed by atoms with Crippen LogP contribution in [0.4, 0.5) is 0 Å². The van der Waals surface area contributed by atoms with E-state index in [1.165, 1.54) is 55.2 Å². The molecule has 0 aliphatic carbocycles. The molecule has 0 heteroatoms. The maximum atomic E-state index is 2.20. The van der Waals surface area contributed by atoms with Crippen LogP contribution in [0.3, 0.4) is 0 Å². The Morgan fingerprint density at radius 2 is 0.586 bits per heavy atom. The molecule has 0 atom stereocenters. The number of benzene rings is 3. The standard InChI is InChI=1S/3C9H12.C2H6/c3*1-2-6-9-7-4-3-5-8-9;1-2/h3*3-5,7-8H,2,6H2,1H3;1-2H3. The Kier molecular flexibility index (Phi) is 18.7. The summed E-state index contributed by atoms with van der Waals surface area (Å²) in [7, 11) is 0. The fourth-order valence-corrected chi connectivity index (χ4v) is 2.80. The van der Waals surface area contributed by atoms with Crippen LogP contribution in [0.25, 0.3) is 0 Å². The number of hydrogen-bond acceptors (Lipinski definition) is 0.